The summed E-state index contributed by atoms with van der Waals surface area (Å²) in [5, 5.41) is 9.59. The third kappa shape index (κ3) is 2.55. The zero-order valence-electron chi connectivity index (χ0n) is 9.96. The van der Waals surface area contributed by atoms with Gasteiger partial charge in [0.15, 0.2) is 5.69 Å². The van der Waals surface area contributed by atoms with E-state index in [0.29, 0.717) is 13.1 Å². The smallest absolute Gasteiger partial charge is 0.276 e. The van der Waals surface area contributed by atoms with Crippen LogP contribution in [0.5, 0.6) is 5.75 Å². The number of hydrogen-bond donors (Lipinski definition) is 1. The van der Waals surface area contributed by atoms with Crippen LogP contribution in [0.4, 0.5) is 0 Å². The molecule has 92 valence electrons. The van der Waals surface area contributed by atoms with Crippen molar-refractivity contribution in [2.75, 3.05) is 32.7 Å². The summed E-state index contributed by atoms with van der Waals surface area (Å²) in [4.78, 5) is 20.1. The van der Waals surface area contributed by atoms with Gasteiger partial charge >= 0.3 is 0 Å². The van der Waals surface area contributed by atoms with Crippen molar-refractivity contribution in [1.82, 2.24) is 14.8 Å². The fraction of sp³-hybridized carbons (Fsp3) is 0.500. The molecule has 2 heterocycles. The lowest BCUT2D eigenvalue weighted by molar-refractivity contribution is 0.0634. The summed E-state index contributed by atoms with van der Waals surface area (Å²) in [6.07, 6.45) is 1.52. The van der Waals surface area contributed by atoms with Crippen molar-refractivity contribution in [3.63, 3.8) is 0 Å². The second-order valence-electron chi connectivity index (χ2n) is 4.10. The van der Waals surface area contributed by atoms with Gasteiger partial charge in [-0.25, -0.2) is 4.98 Å². The molecular formula is C12H17N3O2. The van der Waals surface area contributed by atoms with Gasteiger partial charge in [0.2, 0.25) is 0 Å². The highest BCUT2D eigenvalue weighted by molar-refractivity contribution is 5.94. The van der Waals surface area contributed by atoms with E-state index in [-0.39, 0.29) is 17.4 Å². The monoisotopic (exact) mass is 235 g/mol. The maximum atomic E-state index is 12.1. The Kier molecular flexibility index (Phi) is 3.58. The molecule has 1 aromatic rings. The Bertz CT molecular complexity index is 400. The minimum atomic E-state index is -0.182. The molecule has 0 bridgehead atoms. The Labute approximate surface area is 101 Å². The topological polar surface area (TPSA) is 56.7 Å². The van der Waals surface area contributed by atoms with Gasteiger partial charge < -0.3 is 14.9 Å². The number of piperazine rings is 1. The molecule has 0 aromatic carbocycles. The quantitative estimate of drug-likeness (QED) is 0.814. The normalized spacial score (nSPS) is 17.1. The highest BCUT2D eigenvalue weighted by Crippen LogP contribution is 2.16. The molecular weight excluding hydrogens is 218 g/mol. The van der Waals surface area contributed by atoms with Crippen LogP contribution in [0.1, 0.15) is 17.4 Å². The lowest BCUT2D eigenvalue weighted by atomic mass is 10.2. The number of hydrogen-bond acceptors (Lipinski definition) is 4. The summed E-state index contributed by atoms with van der Waals surface area (Å²) < 4.78 is 0. The van der Waals surface area contributed by atoms with Crippen LogP contribution in [0.3, 0.4) is 0 Å². The molecule has 1 aromatic heterocycles. The maximum absolute atomic E-state index is 12.1. The Morgan fingerprint density at radius 3 is 2.71 bits per heavy atom. The van der Waals surface area contributed by atoms with E-state index in [1.807, 2.05) is 0 Å². The fourth-order valence-electron chi connectivity index (χ4n) is 1.98. The summed E-state index contributed by atoms with van der Waals surface area (Å²) in [5.74, 6) is -0.228. The predicted molar refractivity (Wildman–Crippen MR) is 63.9 cm³/mol. The zero-order valence-corrected chi connectivity index (χ0v) is 9.96. The van der Waals surface area contributed by atoms with Crippen LogP contribution in [0.2, 0.25) is 0 Å². The number of likely N-dealkylation sites (N-methyl/N-ethyl adjacent to an activating group) is 1. The zero-order chi connectivity index (χ0) is 12.3. The molecule has 0 radical (unpaired) electrons. The molecule has 1 aliphatic heterocycles. The van der Waals surface area contributed by atoms with Gasteiger partial charge in [-0.2, -0.15) is 0 Å². The number of pyridine rings is 1. The van der Waals surface area contributed by atoms with Crippen molar-refractivity contribution in [3.8, 4) is 5.75 Å². The van der Waals surface area contributed by atoms with Crippen LogP contribution in [-0.2, 0) is 0 Å². The number of amides is 1. The first-order valence-electron chi connectivity index (χ1n) is 5.88. The van der Waals surface area contributed by atoms with Crippen LogP contribution in [0.15, 0.2) is 18.3 Å². The Hall–Kier alpha value is -1.62. The Morgan fingerprint density at radius 1 is 1.41 bits per heavy atom. The van der Waals surface area contributed by atoms with Crippen molar-refractivity contribution in [1.29, 1.82) is 0 Å². The van der Waals surface area contributed by atoms with Crippen molar-refractivity contribution >= 4 is 5.91 Å². The van der Waals surface area contributed by atoms with E-state index < -0.39 is 0 Å². The second kappa shape index (κ2) is 5.14. The number of rotatable bonds is 2. The van der Waals surface area contributed by atoms with E-state index in [4.69, 9.17) is 0 Å². The predicted octanol–water partition coefficient (Wildman–Crippen LogP) is 0.565. The second-order valence-corrected chi connectivity index (χ2v) is 4.10. The SMILES string of the molecule is CCN1CCN(C(=O)c2ncccc2O)CC1. The molecule has 2 rings (SSSR count). The number of carbonyl (C=O) groups excluding carboxylic acids is 1. The molecule has 0 unspecified atom stereocenters. The minimum absolute atomic E-state index is 0.0459. The van der Waals surface area contributed by atoms with Gasteiger partial charge in [0.1, 0.15) is 5.75 Å². The average molecular weight is 235 g/mol. The van der Waals surface area contributed by atoms with Gasteiger partial charge in [-0.1, -0.05) is 6.92 Å². The van der Waals surface area contributed by atoms with Gasteiger partial charge in [-0.3, -0.25) is 4.79 Å². The molecule has 0 atom stereocenters. The standard InChI is InChI=1S/C12H17N3O2/c1-2-14-6-8-15(9-7-14)12(17)11-10(16)4-3-5-13-11/h3-5,16H,2,6-9H2,1H3. The number of nitrogens with zero attached hydrogens (tertiary/aromatic N) is 3. The van der Waals surface area contributed by atoms with Crippen LogP contribution in [0.25, 0.3) is 0 Å². The molecule has 5 heteroatoms. The van der Waals surface area contributed by atoms with Crippen LogP contribution in [-0.4, -0.2) is 58.5 Å². The largest absolute Gasteiger partial charge is 0.505 e. The number of aromatic hydroxyl groups is 1. The summed E-state index contributed by atoms with van der Waals surface area (Å²) in [7, 11) is 0. The summed E-state index contributed by atoms with van der Waals surface area (Å²) >= 11 is 0. The number of aromatic nitrogens is 1. The molecule has 1 N–H and O–H groups in total. The van der Waals surface area contributed by atoms with Gasteiger partial charge in [0.05, 0.1) is 0 Å². The highest BCUT2D eigenvalue weighted by Gasteiger charge is 2.23. The maximum Gasteiger partial charge on any atom is 0.276 e. The van der Waals surface area contributed by atoms with Crippen LogP contribution < -0.4 is 0 Å². The van der Waals surface area contributed by atoms with Gasteiger partial charge in [0, 0.05) is 32.4 Å². The summed E-state index contributed by atoms with van der Waals surface area (Å²) in [5.41, 5.74) is 0.150. The Morgan fingerprint density at radius 2 is 2.12 bits per heavy atom. The van der Waals surface area contributed by atoms with E-state index >= 15 is 0 Å². The van der Waals surface area contributed by atoms with Crippen molar-refractivity contribution in [3.05, 3.63) is 24.0 Å². The summed E-state index contributed by atoms with van der Waals surface area (Å²) in [6.45, 7) is 6.29. The molecule has 0 aliphatic carbocycles. The first-order chi connectivity index (χ1) is 8.22. The molecule has 1 saturated heterocycles. The lowest BCUT2D eigenvalue weighted by Crippen LogP contribution is -2.48. The summed E-state index contributed by atoms with van der Waals surface area (Å²) in [6, 6.07) is 3.10. The van der Waals surface area contributed by atoms with E-state index in [1.54, 1.807) is 11.0 Å². The fourth-order valence-corrected chi connectivity index (χ4v) is 1.98. The van der Waals surface area contributed by atoms with Crippen molar-refractivity contribution in [2.24, 2.45) is 0 Å². The van der Waals surface area contributed by atoms with Gasteiger partial charge in [-0.15, -0.1) is 0 Å². The lowest BCUT2D eigenvalue weighted by Gasteiger charge is -2.33. The third-order valence-corrected chi connectivity index (χ3v) is 3.10. The highest BCUT2D eigenvalue weighted by atomic mass is 16.3. The molecule has 5 nitrogen and oxygen atoms in total. The first kappa shape index (κ1) is 11.9. The molecule has 0 saturated carbocycles. The molecule has 1 fully saturated rings. The first-order valence-corrected chi connectivity index (χ1v) is 5.88. The molecule has 1 aliphatic rings. The van der Waals surface area contributed by atoms with Crippen LogP contribution >= 0.6 is 0 Å². The molecule has 1 amide bonds. The van der Waals surface area contributed by atoms with E-state index in [0.717, 1.165) is 19.6 Å². The molecule has 0 spiro atoms. The van der Waals surface area contributed by atoms with Gasteiger partial charge in [0.25, 0.3) is 5.91 Å². The minimum Gasteiger partial charge on any atom is -0.505 e. The van der Waals surface area contributed by atoms with E-state index in [9.17, 15) is 9.90 Å². The van der Waals surface area contributed by atoms with E-state index in [1.165, 1.54) is 12.3 Å². The molecule has 17 heavy (non-hydrogen) atoms. The van der Waals surface area contributed by atoms with Crippen LogP contribution in [0, 0.1) is 0 Å². The van der Waals surface area contributed by atoms with Gasteiger partial charge in [-0.05, 0) is 18.7 Å². The number of carbonyl (C=O) groups is 1. The van der Waals surface area contributed by atoms with E-state index in [2.05, 4.69) is 16.8 Å². The Balaban J connectivity index is 2.04. The van der Waals surface area contributed by atoms with Crippen molar-refractivity contribution in [2.45, 2.75) is 6.92 Å². The average Bonchev–Trinajstić information content (AvgIpc) is 2.39. The van der Waals surface area contributed by atoms with Crippen molar-refractivity contribution < 1.29 is 9.90 Å². The third-order valence-electron chi connectivity index (χ3n) is 3.10.